The molecular weight excluding hydrogens is 328 g/mol. The van der Waals surface area contributed by atoms with Crippen molar-refractivity contribution in [1.29, 1.82) is 0 Å². The van der Waals surface area contributed by atoms with E-state index in [1.54, 1.807) is 24.5 Å². The van der Waals surface area contributed by atoms with Crippen LogP contribution in [0.25, 0.3) is 0 Å². The average Bonchev–Trinajstić information content (AvgIpc) is 3.10. The molecule has 136 valence electrons. The van der Waals surface area contributed by atoms with E-state index in [0.717, 1.165) is 19.3 Å². The zero-order valence-corrected chi connectivity index (χ0v) is 14.8. The fourth-order valence-electron chi connectivity index (χ4n) is 3.00. The third kappa shape index (κ3) is 5.31. The van der Waals surface area contributed by atoms with Crippen molar-refractivity contribution in [1.82, 2.24) is 15.1 Å². The Labute approximate surface area is 153 Å². The molecule has 2 amide bonds. The fourth-order valence-corrected chi connectivity index (χ4v) is 3.00. The first-order valence-corrected chi connectivity index (χ1v) is 9.04. The summed E-state index contributed by atoms with van der Waals surface area (Å²) in [6.45, 7) is 0.795. The topological polar surface area (TPSA) is 76.0 Å². The van der Waals surface area contributed by atoms with Crippen molar-refractivity contribution in [3.63, 3.8) is 0 Å². The van der Waals surface area contributed by atoms with E-state index in [0.29, 0.717) is 17.8 Å². The van der Waals surface area contributed by atoms with E-state index < -0.39 is 0 Å². The van der Waals surface area contributed by atoms with Crippen molar-refractivity contribution in [3.05, 3.63) is 59.9 Å². The smallest absolute Gasteiger partial charge is 0.255 e. The van der Waals surface area contributed by atoms with E-state index in [4.69, 9.17) is 0 Å². The Hall–Kier alpha value is -2.89. The molecule has 0 atom stereocenters. The Morgan fingerprint density at radius 1 is 1.15 bits per heavy atom. The molecule has 0 bridgehead atoms. The summed E-state index contributed by atoms with van der Waals surface area (Å²) in [5.41, 5.74) is 2.59. The van der Waals surface area contributed by atoms with Gasteiger partial charge in [-0.2, -0.15) is 5.10 Å². The van der Waals surface area contributed by atoms with Gasteiger partial charge >= 0.3 is 0 Å². The molecule has 0 saturated heterocycles. The van der Waals surface area contributed by atoms with Gasteiger partial charge in [0.2, 0.25) is 5.91 Å². The summed E-state index contributed by atoms with van der Waals surface area (Å²) in [6, 6.07) is 8.97. The van der Waals surface area contributed by atoms with Gasteiger partial charge in [0.15, 0.2) is 0 Å². The van der Waals surface area contributed by atoms with Gasteiger partial charge in [-0.3, -0.25) is 14.3 Å². The van der Waals surface area contributed by atoms with Gasteiger partial charge in [0.05, 0.1) is 11.9 Å². The third-order valence-electron chi connectivity index (χ3n) is 4.39. The molecule has 6 nitrogen and oxygen atoms in total. The maximum Gasteiger partial charge on any atom is 0.255 e. The fraction of sp³-hybridized carbons (Fsp3) is 0.350. The van der Waals surface area contributed by atoms with Crippen molar-refractivity contribution < 1.29 is 9.59 Å². The molecule has 0 saturated carbocycles. The first kappa shape index (κ1) is 17.9. The number of carbonyl (C=O) groups excluding carboxylic acids is 2. The van der Waals surface area contributed by atoms with Crippen LogP contribution in [0.4, 0.5) is 5.69 Å². The molecular formula is C20H24N4O2. The highest BCUT2D eigenvalue weighted by Crippen LogP contribution is 2.19. The van der Waals surface area contributed by atoms with Gasteiger partial charge in [-0.05, 0) is 44.2 Å². The average molecular weight is 352 g/mol. The number of aromatic nitrogens is 2. The van der Waals surface area contributed by atoms with Crippen LogP contribution in [0.1, 0.15) is 42.5 Å². The quantitative estimate of drug-likeness (QED) is 0.752. The van der Waals surface area contributed by atoms with Gasteiger partial charge in [0, 0.05) is 18.3 Å². The van der Waals surface area contributed by atoms with Crippen LogP contribution < -0.4 is 10.6 Å². The number of amides is 2. The van der Waals surface area contributed by atoms with Crippen LogP contribution in [0, 0.1) is 0 Å². The van der Waals surface area contributed by atoms with E-state index in [9.17, 15) is 9.59 Å². The van der Waals surface area contributed by atoms with Crippen molar-refractivity contribution in [2.75, 3.05) is 11.9 Å². The van der Waals surface area contributed by atoms with Crippen molar-refractivity contribution in [3.8, 4) is 0 Å². The van der Waals surface area contributed by atoms with E-state index >= 15 is 0 Å². The Kier molecular flexibility index (Phi) is 6.19. The number of hydrogen-bond donors (Lipinski definition) is 2. The normalized spacial score (nSPS) is 13.8. The number of nitrogens with one attached hydrogen (secondary N) is 2. The highest BCUT2D eigenvalue weighted by Gasteiger charge is 2.09. The lowest BCUT2D eigenvalue weighted by molar-refractivity contribution is -0.121. The Morgan fingerprint density at radius 3 is 2.77 bits per heavy atom. The number of rotatable bonds is 7. The largest absolute Gasteiger partial charge is 0.354 e. The maximum absolute atomic E-state index is 12.1. The van der Waals surface area contributed by atoms with Gasteiger partial charge in [-0.15, -0.1) is 0 Å². The highest BCUT2D eigenvalue weighted by atomic mass is 16.2. The van der Waals surface area contributed by atoms with Crippen LogP contribution in [0.2, 0.25) is 0 Å². The third-order valence-corrected chi connectivity index (χ3v) is 4.39. The van der Waals surface area contributed by atoms with Crippen LogP contribution in [0.3, 0.4) is 0 Å². The van der Waals surface area contributed by atoms with E-state index in [1.165, 1.54) is 23.1 Å². The molecule has 0 unspecified atom stereocenters. The molecule has 1 heterocycles. The highest BCUT2D eigenvalue weighted by molar-refractivity contribution is 6.04. The molecule has 0 spiro atoms. The SMILES string of the molecule is O=C(Cn1cc(NC(=O)c2ccccc2)cn1)NCCC1=CCCCC1. The molecule has 1 aliphatic carbocycles. The number of hydrogen-bond acceptors (Lipinski definition) is 3. The van der Waals surface area contributed by atoms with Crippen LogP contribution in [-0.2, 0) is 11.3 Å². The molecule has 3 rings (SSSR count). The minimum atomic E-state index is -0.199. The lowest BCUT2D eigenvalue weighted by Gasteiger charge is -2.12. The second-order valence-electron chi connectivity index (χ2n) is 6.45. The molecule has 0 aliphatic heterocycles. The van der Waals surface area contributed by atoms with Crippen molar-refractivity contribution in [2.24, 2.45) is 0 Å². The monoisotopic (exact) mass is 352 g/mol. The predicted molar refractivity (Wildman–Crippen MR) is 101 cm³/mol. The number of allylic oxidation sites excluding steroid dienone is 1. The number of anilines is 1. The van der Waals surface area contributed by atoms with Crippen molar-refractivity contribution >= 4 is 17.5 Å². The zero-order chi connectivity index (χ0) is 18.2. The number of nitrogens with zero attached hydrogens (tertiary/aromatic N) is 2. The molecule has 0 fully saturated rings. The summed E-state index contributed by atoms with van der Waals surface area (Å²) in [5.74, 6) is -0.277. The summed E-state index contributed by atoms with van der Waals surface area (Å²) >= 11 is 0. The summed E-state index contributed by atoms with van der Waals surface area (Å²) in [4.78, 5) is 24.1. The standard InChI is InChI=1S/C20H24N4O2/c25-19(21-12-11-16-7-3-1-4-8-16)15-24-14-18(13-22-24)23-20(26)17-9-5-2-6-10-17/h2,5-7,9-10,13-14H,1,3-4,8,11-12,15H2,(H,21,25)(H,23,26). The van der Waals surface area contributed by atoms with Crippen LogP contribution in [0.5, 0.6) is 0 Å². The van der Waals surface area contributed by atoms with Gasteiger partial charge in [0.1, 0.15) is 6.54 Å². The van der Waals surface area contributed by atoms with Gasteiger partial charge in [0.25, 0.3) is 5.91 Å². The van der Waals surface area contributed by atoms with Crippen molar-refractivity contribution in [2.45, 2.75) is 38.6 Å². The summed E-state index contributed by atoms with van der Waals surface area (Å²) in [7, 11) is 0. The van der Waals surface area contributed by atoms with Crippen LogP contribution >= 0.6 is 0 Å². The van der Waals surface area contributed by atoms with E-state index in [2.05, 4.69) is 21.8 Å². The molecule has 1 aliphatic rings. The first-order chi connectivity index (χ1) is 12.7. The van der Waals surface area contributed by atoms with Crippen LogP contribution in [-0.4, -0.2) is 28.1 Å². The second kappa shape index (κ2) is 8.99. The van der Waals surface area contributed by atoms with Crippen LogP contribution in [0.15, 0.2) is 54.4 Å². The lowest BCUT2D eigenvalue weighted by atomic mass is 9.97. The molecule has 1 aromatic heterocycles. The molecule has 0 radical (unpaired) electrons. The number of carbonyl (C=O) groups is 2. The van der Waals surface area contributed by atoms with E-state index in [-0.39, 0.29) is 18.4 Å². The summed E-state index contributed by atoms with van der Waals surface area (Å²) in [6.07, 6.45) is 11.3. The molecule has 1 aromatic carbocycles. The van der Waals surface area contributed by atoms with Gasteiger partial charge in [-0.25, -0.2) is 0 Å². The zero-order valence-electron chi connectivity index (χ0n) is 14.8. The lowest BCUT2D eigenvalue weighted by Crippen LogP contribution is -2.28. The summed E-state index contributed by atoms with van der Waals surface area (Å²) in [5, 5.41) is 9.83. The molecule has 26 heavy (non-hydrogen) atoms. The Balaban J connectivity index is 1.43. The Morgan fingerprint density at radius 2 is 2.00 bits per heavy atom. The maximum atomic E-state index is 12.1. The predicted octanol–water partition coefficient (Wildman–Crippen LogP) is 3.14. The van der Waals surface area contributed by atoms with Gasteiger partial charge in [-0.1, -0.05) is 29.8 Å². The minimum Gasteiger partial charge on any atom is -0.354 e. The molecule has 2 aromatic rings. The minimum absolute atomic E-state index is 0.0783. The number of benzene rings is 1. The second-order valence-corrected chi connectivity index (χ2v) is 6.45. The first-order valence-electron chi connectivity index (χ1n) is 9.04. The Bertz CT molecular complexity index is 780. The van der Waals surface area contributed by atoms with E-state index in [1.807, 2.05) is 18.2 Å². The van der Waals surface area contributed by atoms with Gasteiger partial charge < -0.3 is 10.6 Å². The summed E-state index contributed by atoms with van der Waals surface area (Å²) < 4.78 is 1.52. The molecule has 2 N–H and O–H groups in total. The molecule has 6 heteroatoms.